The Balaban J connectivity index is 1.91. The Morgan fingerprint density at radius 3 is 2.60 bits per heavy atom. The number of aryl methyl sites for hydroxylation is 2. The molecule has 0 aliphatic carbocycles. The van der Waals surface area contributed by atoms with Gasteiger partial charge in [-0.15, -0.1) is 0 Å². The number of carbonyl (C=O) groups is 1. The number of hydrogen-bond acceptors (Lipinski definition) is 3. The molecule has 0 amide bonds. The predicted molar refractivity (Wildman–Crippen MR) is 117 cm³/mol. The summed E-state index contributed by atoms with van der Waals surface area (Å²) in [6.07, 6.45) is 0.563. The molecule has 0 bridgehead atoms. The number of hydrogen-bond donors (Lipinski definition) is 2. The number of aliphatic imine (C=N–C) groups is 1. The molecular weight excluding hydrogens is 405 g/mol. The van der Waals surface area contributed by atoms with E-state index in [0.29, 0.717) is 47.2 Å². The van der Waals surface area contributed by atoms with Crippen molar-refractivity contribution in [3.8, 4) is 0 Å². The van der Waals surface area contributed by atoms with E-state index in [1.807, 2.05) is 42.2 Å². The maximum absolute atomic E-state index is 14.9. The van der Waals surface area contributed by atoms with Gasteiger partial charge in [-0.3, -0.25) is 4.79 Å². The van der Waals surface area contributed by atoms with Gasteiger partial charge in [0.1, 0.15) is 16.7 Å². The van der Waals surface area contributed by atoms with E-state index in [1.54, 1.807) is 13.0 Å². The van der Waals surface area contributed by atoms with Gasteiger partial charge in [0.25, 0.3) is 0 Å². The average molecular weight is 430 g/mol. The number of aliphatic carboxylic acids is 1. The molecule has 0 saturated carbocycles. The third kappa shape index (κ3) is 5.00. The highest BCUT2D eigenvalue weighted by atomic mass is 35.5. The Labute approximate surface area is 180 Å². The highest BCUT2D eigenvalue weighted by Crippen LogP contribution is 2.28. The summed E-state index contributed by atoms with van der Waals surface area (Å²) >= 11 is 6.50. The number of rotatable bonds is 5. The van der Waals surface area contributed by atoms with Crippen molar-refractivity contribution >= 4 is 29.1 Å². The minimum atomic E-state index is -0.936. The van der Waals surface area contributed by atoms with Gasteiger partial charge in [-0.1, -0.05) is 41.4 Å². The van der Waals surface area contributed by atoms with E-state index >= 15 is 0 Å². The third-order valence-electron chi connectivity index (χ3n) is 5.13. The lowest BCUT2D eigenvalue weighted by molar-refractivity contribution is -0.136. The number of carboxylic acid groups (broad SMARTS) is 1. The molecule has 3 N–H and O–H groups in total. The molecule has 1 aliphatic rings. The molecular formula is C23H25ClFN3O2. The van der Waals surface area contributed by atoms with Crippen LogP contribution in [0.4, 0.5) is 10.1 Å². The number of amidine groups is 1. The second-order valence-corrected chi connectivity index (χ2v) is 7.89. The van der Waals surface area contributed by atoms with Gasteiger partial charge in [0.2, 0.25) is 0 Å². The predicted octanol–water partition coefficient (Wildman–Crippen LogP) is 4.67. The first kappa shape index (κ1) is 21.8. The second-order valence-electron chi connectivity index (χ2n) is 7.51. The molecule has 3 rings (SSSR count). The van der Waals surface area contributed by atoms with Crippen LogP contribution < -0.4 is 5.73 Å². The minimum Gasteiger partial charge on any atom is -0.481 e. The zero-order chi connectivity index (χ0) is 21.8. The first-order valence-corrected chi connectivity index (χ1v) is 10.2. The average Bonchev–Trinajstić information content (AvgIpc) is 2.72. The fraction of sp³-hybridized carbons (Fsp3) is 0.304. The zero-order valence-electron chi connectivity index (χ0n) is 17.1. The van der Waals surface area contributed by atoms with Crippen LogP contribution in [0.5, 0.6) is 0 Å². The molecule has 2 aromatic rings. The SMILES string of the molecule is CC(N)=C(Cl)C(=Nc1ccc(C)cc1)N1CCc2c(ccc(CCC(=O)O)c2F)C1. The van der Waals surface area contributed by atoms with E-state index in [1.165, 1.54) is 0 Å². The van der Waals surface area contributed by atoms with Crippen LogP contribution in [-0.2, 0) is 24.2 Å². The lowest BCUT2D eigenvalue weighted by Gasteiger charge is -2.32. The van der Waals surface area contributed by atoms with Gasteiger partial charge in [0.15, 0.2) is 0 Å². The molecule has 0 spiro atoms. The second kappa shape index (κ2) is 9.30. The Morgan fingerprint density at radius 1 is 1.27 bits per heavy atom. The maximum atomic E-state index is 14.9. The summed E-state index contributed by atoms with van der Waals surface area (Å²) in [5.41, 5.74) is 10.2. The molecule has 0 saturated heterocycles. The monoisotopic (exact) mass is 429 g/mol. The highest BCUT2D eigenvalue weighted by Gasteiger charge is 2.25. The lowest BCUT2D eigenvalue weighted by atomic mass is 9.94. The van der Waals surface area contributed by atoms with Crippen LogP contribution in [0.15, 0.2) is 52.1 Å². The topological polar surface area (TPSA) is 78.9 Å². The van der Waals surface area contributed by atoms with E-state index in [2.05, 4.69) is 0 Å². The number of halogens is 2. The largest absolute Gasteiger partial charge is 0.481 e. The Kier molecular flexibility index (Phi) is 6.77. The summed E-state index contributed by atoms with van der Waals surface area (Å²) in [5, 5.41) is 9.24. The number of carboxylic acids is 1. The molecule has 1 aliphatic heterocycles. The van der Waals surface area contributed by atoms with Crippen molar-refractivity contribution in [1.82, 2.24) is 4.90 Å². The van der Waals surface area contributed by atoms with Gasteiger partial charge < -0.3 is 15.7 Å². The third-order valence-corrected chi connectivity index (χ3v) is 5.60. The summed E-state index contributed by atoms with van der Waals surface area (Å²) in [7, 11) is 0. The van der Waals surface area contributed by atoms with Gasteiger partial charge in [-0.2, -0.15) is 0 Å². The van der Waals surface area contributed by atoms with Crippen LogP contribution >= 0.6 is 11.6 Å². The van der Waals surface area contributed by atoms with E-state index in [9.17, 15) is 9.18 Å². The molecule has 0 unspecified atom stereocenters. The summed E-state index contributed by atoms with van der Waals surface area (Å²) in [6, 6.07) is 11.3. The zero-order valence-corrected chi connectivity index (χ0v) is 17.8. The van der Waals surface area contributed by atoms with E-state index in [0.717, 1.165) is 16.8 Å². The molecule has 0 fully saturated rings. The summed E-state index contributed by atoms with van der Waals surface area (Å²) < 4.78 is 14.9. The quantitative estimate of drug-likeness (QED) is 0.534. The van der Waals surface area contributed by atoms with Crippen LogP contribution in [0.25, 0.3) is 0 Å². The van der Waals surface area contributed by atoms with Crippen molar-refractivity contribution in [3.05, 3.63) is 75.2 Å². The molecule has 5 nitrogen and oxygen atoms in total. The number of benzene rings is 2. The van der Waals surface area contributed by atoms with Crippen molar-refractivity contribution in [3.63, 3.8) is 0 Å². The van der Waals surface area contributed by atoms with Gasteiger partial charge in [0.05, 0.1) is 5.69 Å². The van der Waals surface area contributed by atoms with E-state index in [4.69, 9.17) is 27.4 Å². The van der Waals surface area contributed by atoms with Crippen LogP contribution in [0.1, 0.15) is 35.6 Å². The van der Waals surface area contributed by atoms with Gasteiger partial charge >= 0.3 is 5.97 Å². The first-order valence-electron chi connectivity index (χ1n) is 9.79. The van der Waals surface area contributed by atoms with E-state index < -0.39 is 5.97 Å². The van der Waals surface area contributed by atoms with Crippen molar-refractivity contribution in [2.75, 3.05) is 6.54 Å². The van der Waals surface area contributed by atoms with Crippen LogP contribution in [0.3, 0.4) is 0 Å². The van der Waals surface area contributed by atoms with Crippen LogP contribution in [-0.4, -0.2) is 28.4 Å². The Bertz CT molecular complexity index is 1010. The smallest absolute Gasteiger partial charge is 0.303 e. The molecule has 7 heteroatoms. The molecule has 30 heavy (non-hydrogen) atoms. The highest BCUT2D eigenvalue weighted by molar-refractivity contribution is 6.43. The van der Waals surface area contributed by atoms with Gasteiger partial charge in [-0.05, 0) is 55.5 Å². The molecule has 1 heterocycles. The van der Waals surface area contributed by atoms with Crippen molar-refractivity contribution < 1.29 is 14.3 Å². The fourth-order valence-corrected chi connectivity index (χ4v) is 3.61. The summed E-state index contributed by atoms with van der Waals surface area (Å²) in [6.45, 7) is 4.70. The number of nitrogens with zero attached hydrogens (tertiary/aromatic N) is 2. The molecule has 0 radical (unpaired) electrons. The van der Waals surface area contributed by atoms with Gasteiger partial charge in [-0.25, -0.2) is 9.38 Å². The molecule has 2 aromatic carbocycles. The minimum absolute atomic E-state index is 0.0919. The van der Waals surface area contributed by atoms with Crippen LogP contribution in [0, 0.1) is 12.7 Å². The standard InChI is InChI=1S/C23H25ClFN3O2/c1-14-3-8-18(9-4-14)27-23(21(24)15(2)26)28-12-11-19-17(13-28)6-5-16(22(19)25)7-10-20(29)30/h3-6,8-9H,7,10-13,26H2,1-2H3,(H,29,30). The Morgan fingerprint density at radius 2 is 1.97 bits per heavy atom. The first-order chi connectivity index (χ1) is 14.3. The number of fused-ring (bicyclic) bond motifs is 1. The van der Waals surface area contributed by atoms with Crippen molar-refractivity contribution in [2.45, 2.75) is 39.7 Å². The molecule has 0 atom stereocenters. The van der Waals surface area contributed by atoms with Crippen molar-refractivity contribution in [1.29, 1.82) is 0 Å². The van der Waals surface area contributed by atoms with Gasteiger partial charge in [0, 0.05) is 25.2 Å². The molecule has 0 aromatic heterocycles. The van der Waals surface area contributed by atoms with E-state index in [-0.39, 0.29) is 18.7 Å². The fourth-order valence-electron chi connectivity index (χ4n) is 3.45. The summed E-state index contributed by atoms with van der Waals surface area (Å²) in [5.74, 6) is -0.683. The Hall–Kier alpha value is -2.86. The maximum Gasteiger partial charge on any atom is 0.303 e. The molecule has 158 valence electrons. The number of nitrogens with two attached hydrogens (primary N) is 1. The lowest BCUT2D eigenvalue weighted by Crippen LogP contribution is -2.37. The normalized spacial score (nSPS) is 14.9. The van der Waals surface area contributed by atoms with Crippen molar-refractivity contribution in [2.24, 2.45) is 10.7 Å². The van der Waals surface area contributed by atoms with Crippen LogP contribution in [0.2, 0.25) is 0 Å². The summed E-state index contributed by atoms with van der Waals surface area (Å²) in [4.78, 5) is 17.5. The number of allylic oxidation sites excluding steroid dienone is 1.